The van der Waals surface area contributed by atoms with Crippen LogP contribution in [0.3, 0.4) is 0 Å². The fourth-order valence-corrected chi connectivity index (χ4v) is 3.74. The van der Waals surface area contributed by atoms with Gasteiger partial charge in [-0.15, -0.1) is 0 Å². The number of anilines is 2. The van der Waals surface area contributed by atoms with E-state index >= 15 is 0 Å². The first-order chi connectivity index (χ1) is 15.0. The van der Waals surface area contributed by atoms with E-state index in [1.165, 1.54) is 26.9 Å². The standard InChI is InChI=1S/C24H30N2O5/c1-5-6-7-16-8-10-18(11-9-16)25-24(28)17-12-22(27)26(15-17)19-13-20(29-2)23(31-4)21(14-19)30-3/h8-11,13-14,17H,5-7,12,15H2,1-4H3,(H,25,28). The summed E-state index contributed by atoms with van der Waals surface area (Å²) >= 11 is 0. The number of hydrogen-bond donors (Lipinski definition) is 1. The van der Waals surface area contributed by atoms with Crippen molar-refractivity contribution >= 4 is 23.2 Å². The number of aryl methyl sites for hydroxylation is 1. The van der Waals surface area contributed by atoms with Crippen LogP contribution in [-0.4, -0.2) is 39.7 Å². The van der Waals surface area contributed by atoms with Gasteiger partial charge in [0.1, 0.15) is 0 Å². The fraction of sp³-hybridized carbons (Fsp3) is 0.417. The maximum Gasteiger partial charge on any atom is 0.229 e. The van der Waals surface area contributed by atoms with Crippen LogP contribution in [0.2, 0.25) is 0 Å². The molecule has 2 aromatic carbocycles. The van der Waals surface area contributed by atoms with Crippen molar-refractivity contribution in [2.75, 3.05) is 38.1 Å². The van der Waals surface area contributed by atoms with Crippen LogP contribution in [0.25, 0.3) is 0 Å². The topological polar surface area (TPSA) is 77.1 Å². The molecular formula is C24H30N2O5. The summed E-state index contributed by atoms with van der Waals surface area (Å²) in [5, 5.41) is 2.94. The molecule has 2 amide bonds. The van der Waals surface area contributed by atoms with Gasteiger partial charge in [0.05, 0.1) is 32.9 Å². The van der Waals surface area contributed by atoms with Crippen molar-refractivity contribution < 1.29 is 23.8 Å². The highest BCUT2D eigenvalue weighted by Gasteiger charge is 2.36. The lowest BCUT2D eigenvalue weighted by Crippen LogP contribution is -2.28. The maximum atomic E-state index is 12.8. The molecule has 0 saturated carbocycles. The van der Waals surface area contributed by atoms with Crippen molar-refractivity contribution in [1.82, 2.24) is 0 Å². The molecule has 1 aliphatic heterocycles. The molecule has 0 aliphatic carbocycles. The lowest BCUT2D eigenvalue weighted by molar-refractivity contribution is -0.122. The lowest BCUT2D eigenvalue weighted by atomic mass is 10.1. The molecule has 0 radical (unpaired) electrons. The van der Waals surface area contributed by atoms with Crippen LogP contribution in [0.5, 0.6) is 17.2 Å². The van der Waals surface area contributed by atoms with Crippen molar-refractivity contribution in [3.05, 3.63) is 42.0 Å². The SMILES string of the molecule is CCCCc1ccc(NC(=O)C2CC(=O)N(c3cc(OC)c(OC)c(OC)c3)C2)cc1. The first-order valence-corrected chi connectivity index (χ1v) is 10.5. The van der Waals surface area contributed by atoms with E-state index in [1.807, 2.05) is 24.3 Å². The van der Waals surface area contributed by atoms with Crippen molar-refractivity contribution in [3.63, 3.8) is 0 Å². The largest absolute Gasteiger partial charge is 0.493 e. The predicted molar refractivity (Wildman–Crippen MR) is 120 cm³/mol. The second kappa shape index (κ2) is 10.2. The summed E-state index contributed by atoms with van der Waals surface area (Å²) in [6, 6.07) is 11.3. The third-order valence-electron chi connectivity index (χ3n) is 5.50. The number of carbonyl (C=O) groups excluding carboxylic acids is 2. The summed E-state index contributed by atoms with van der Waals surface area (Å²) in [7, 11) is 4.57. The molecule has 1 N–H and O–H groups in total. The minimum atomic E-state index is -0.439. The number of methoxy groups -OCH3 is 3. The summed E-state index contributed by atoms with van der Waals surface area (Å²) in [6.45, 7) is 2.46. The molecule has 2 aromatic rings. The third-order valence-corrected chi connectivity index (χ3v) is 5.50. The molecule has 0 aromatic heterocycles. The number of rotatable bonds is 9. The lowest BCUT2D eigenvalue weighted by Gasteiger charge is -2.20. The second-order valence-corrected chi connectivity index (χ2v) is 7.58. The van der Waals surface area contributed by atoms with E-state index in [1.54, 1.807) is 17.0 Å². The average Bonchev–Trinajstić information content (AvgIpc) is 3.19. The summed E-state index contributed by atoms with van der Waals surface area (Å²) in [5.74, 6) is 0.652. The normalized spacial score (nSPS) is 15.7. The Balaban J connectivity index is 1.70. The van der Waals surface area contributed by atoms with E-state index in [4.69, 9.17) is 14.2 Å². The molecule has 1 saturated heterocycles. The van der Waals surface area contributed by atoms with E-state index in [2.05, 4.69) is 12.2 Å². The summed E-state index contributed by atoms with van der Waals surface area (Å²) in [4.78, 5) is 27.0. The van der Waals surface area contributed by atoms with Crippen LogP contribution in [0.1, 0.15) is 31.7 Å². The van der Waals surface area contributed by atoms with Gasteiger partial charge in [-0.25, -0.2) is 0 Å². The Labute approximate surface area is 183 Å². The number of nitrogens with one attached hydrogen (secondary N) is 1. The summed E-state index contributed by atoms with van der Waals surface area (Å²) < 4.78 is 16.1. The molecule has 166 valence electrons. The molecule has 1 fully saturated rings. The van der Waals surface area contributed by atoms with Gasteiger partial charge in [0.25, 0.3) is 0 Å². The molecule has 3 rings (SSSR count). The quantitative estimate of drug-likeness (QED) is 0.655. The highest BCUT2D eigenvalue weighted by molar-refractivity contribution is 6.03. The number of benzene rings is 2. The number of hydrogen-bond acceptors (Lipinski definition) is 5. The minimum absolute atomic E-state index is 0.121. The van der Waals surface area contributed by atoms with Gasteiger partial charge in [0.2, 0.25) is 17.6 Å². The van der Waals surface area contributed by atoms with Crippen LogP contribution in [-0.2, 0) is 16.0 Å². The summed E-state index contributed by atoms with van der Waals surface area (Å²) in [6.07, 6.45) is 3.48. The minimum Gasteiger partial charge on any atom is -0.493 e. The van der Waals surface area contributed by atoms with Gasteiger partial charge >= 0.3 is 0 Å². The Bertz CT molecular complexity index is 901. The molecule has 7 nitrogen and oxygen atoms in total. The van der Waals surface area contributed by atoms with E-state index < -0.39 is 5.92 Å². The highest BCUT2D eigenvalue weighted by atomic mass is 16.5. The van der Waals surface area contributed by atoms with Crippen LogP contribution in [0, 0.1) is 5.92 Å². The third kappa shape index (κ3) is 5.10. The van der Waals surface area contributed by atoms with E-state index in [-0.39, 0.29) is 24.8 Å². The van der Waals surface area contributed by atoms with Crippen molar-refractivity contribution in [1.29, 1.82) is 0 Å². The Hall–Kier alpha value is -3.22. The Morgan fingerprint density at radius 3 is 2.26 bits per heavy atom. The molecular weight excluding hydrogens is 396 g/mol. The van der Waals surface area contributed by atoms with Crippen LogP contribution < -0.4 is 24.4 Å². The Kier molecular flexibility index (Phi) is 7.39. The Morgan fingerprint density at radius 2 is 1.71 bits per heavy atom. The van der Waals surface area contributed by atoms with Gasteiger partial charge in [0.15, 0.2) is 11.5 Å². The number of nitrogens with zero attached hydrogens (tertiary/aromatic N) is 1. The molecule has 1 atom stereocenters. The first-order valence-electron chi connectivity index (χ1n) is 10.5. The molecule has 1 unspecified atom stereocenters. The van der Waals surface area contributed by atoms with Crippen molar-refractivity contribution in [2.24, 2.45) is 5.92 Å². The van der Waals surface area contributed by atoms with Gasteiger partial charge < -0.3 is 24.4 Å². The molecule has 0 spiro atoms. The molecule has 7 heteroatoms. The Morgan fingerprint density at radius 1 is 1.06 bits per heavy atom. The number of ether oxygens (including phenoxy) is 3. The monoisotopic (exact) mass is 426 g/mol. The van der Waals surface area contributed by atoms with Gasteiger partial charge in [0, 0.05) is 30.8 Å². The van der Waals surface area contributed by atoms with Crippen LogP contribution in [0.4, 0.5) is 11.4 Å². The average molecular weight is 427 g/mol. The van der Waals surface area contributed by atoms with Crippen molar-refractivity contribution in [3.8, 4) is 17.2 Å². The molecule has 0 bridgehead atoms. The number of carbonyl (C=O) groups is 2. The zero-order valence-electron chi connectivity index (χ0n) is 18.6. The smallest absolute Gasteiger partial charge is 0.229 e. The highest BCUT2D eigenvalue weighted by Crippen LogP contribution is 2.42. The van der Waals surface area contributed by atoms with E-state index in [9.17, 15) is 9.59 Å². The molecule has 1 aliphatic rings. The van der Waals surface area contributed by atoms with Gasteiger partial charge in [-0.05, 0) is 30.5 Å². The van der Waals surface area contributed by atoms with Crippen molar-refractivity contribution in [2.45, 2.75) is 32.6 Å². The van der Waals surface area contributed by atoms with Crippen LogP contribution >= 0.6 is 0 Å². The maximum absolute atomic E-state index is 12.8. The second-order valence-electron chi connectivity index (χ2n) is 7.58. The predicted octanol–water partition coefficient (Wildman–Crippen LogP) is 4.05. The number of amides is 2. The molecule has 1 heterocycles. The van der Waals surface area contributed by atoms with Gasteiger partial charge in [-0.3, -0.25) is 9.59 Å². The van der Waals surface area contributed by atoms with E-state index in [0.29, 0.717) is 22.9 Å². The zero-order valence-corrected chi connectivity index (χ0v) is 18.6. The van der Waals surface area contributed by atoms with Crippen LogP contribution in [0.15, 0.2) is 36.4 Å². The van der Waals surface area contributed by atoms with Gasteiger partial charge in [-0.2, -0.15) is 0 Å². The van der Waals surface area contributed by atoms with Gasteiger partial charge in [-0.1, -0.05) is 25.5 Å². The zero-order chi connectivity index (χ0) is 22.4. The fourth-order valence-electron chi connectivity index (χ4n) is 3.74. The van der Waals surface area contributed by atoms with E-state index in [0.717, 1.165) is 24.9 Å². The first kappa shape index (κ1) is 22.5. The molecule has 31 heavy (non-hydrogen) atoms. The number of unbranched alkanes of at least 4 members (excludes halogenated alkanes) is 1. The summed E-state index contributed by atoms with van der Waals surface area (Å²) in [5.41, 5.74) is 2.60.